The van der Waals surface area contributed by atoms with Crippen LogP contribution in [0.2, 0.25) is 0 Å². The standard InChI is InChI=1S/C20H24N4O/c1-14-6-5-7-15-12-16(20(25)21-19(14)15)13-24-10-4-3-8-18(24)17-9-11-23(2)22-17/h5-7,9,11-12,18H,3-4,8,10,13H2,1-2H3,(H,21,25)/t18-/m0/s1. The first-order chi connectivity index (χ1) is 12.1. The zero-order valence-corrected chi connectivity index (χ0v) is 14.8. The van der Waals surface area contributed by atoms with Crippen molar-refractivity contribution in [3.8, 4) is 0 Å². The molecule has 1 atom stereocenters. The number of para-hydroxylation sites is 1. The van der Waals surface area contributed by atoms with Crippen molar-refractivity contribution in [1.29, 1.82) is 0 Å². The minimum absolute atomic E-state index is 0.0205. The fourth-order valence-electron chi connectivity index (χ4n) is 3.89. The van der Waals surface area contributed by atoms with Crippen LogP contribution in [0.3, 0.4) is 0 Å². The molecule has 0 amide bonds. The van der Waals surface area contributed by atoms with E-state index in [4.69, 9.17) is 0 Å². The molecule has 1 aliphatic heterocycles. The molecule has 0 radical (unpaired) electrons. The van der Waals surface area contributed by atoms with Gasteiger partial charge in [0.25, 0.3) is 5.56 Å². The molecule has 25 heavy (non-hydrogen) atoms. The summed E-state index contributed by atoms with van der Waals surface area (Å²) in [4.78, 5) is 18.1. The van der Waals surface area contributed by atoms with E-state index in [0.717, 1.165) is 40.7 Å². The smallest absolute Gasteiger partial charge is 0.252 e. The van der Waals surface area contributed by atoms with E-state index in [9.17, 15) is 4.79 Å². The molecule has 5 nitrogen and oxygen atoms in total. The highest BCUT2D eigenvalue weighted by molar-refractivity contribution is 5.81. The van der Waals surface area contributed by atoms with Gasteiger partial charge in [0.1, 0.15) is 0 Å². The van der Waals surface area contributed by atoms with Crippen molar-refractivity contribution in [1.82, 2.24) is 19.7 Å². The maximum absolute atomic E-state index is 12.6. The maximum atomic E-state index is 12.6. The van der Waals surface area contributed by atoms with E-state index in [1.54, 1.807) is 0 Å². The van der Waals surface area contributed by atoms with Crippen molar-refractivity contribution >= 4 is 10.9 Å². The Labute approximate surface area is 147 Å². The summed E-state index contributed by atoms with van der Waals surface area (Å²) in [5.41, 5.74) is 4.00. The highest BCUT2D eigenvalue weighted by Gasteiger charge is 2.26. The molecule has 130 valence electrons. The molecule has 3 aromatic rings. The molecule has 0 unspecified atom stereocenters. The van der Waals surface area contributed by atoms with Gasteiger partial charge in [-0.15, -0.1) is 0 Å². The number of nitrogens with one attached hydrogen (secondary N) is 1. The van der Waals surface area contributed by atoms with Crippen LogP contribution in [0.5, 0.6) is 0 Å². The third-order valence-corrected chi connectivity index (χ3v) is 5.23. The number of piperidine rings is 1. The first-order valence-electron chi connectivity index (χ1n) is 8.97. The van der Waals surface area contributed by atoms with Gasteiger partial charge in [0.15, 0.2) is 0 Å². The van der Waals surface area contributed by atoms with Crippen LogP contribution in [-0.2, 0) is 13.6 Å². The zero-order chi connectivity index (χ0) is 17.4. The second kappa shape index (κ2) is 6.48. The van der Waals surface area contributed by atoms with Gasteiger partial charge in [-0.2, -0.15) is 5.10 Å². The molecule has 1 aliphatic rings. The fraction of sp³-hybridized carbons (Fsp3) is 0.400. The van der Waals surface area contributed by atoms with Gasteiger partial charge < -0.3 is 4.98 Å². The van der Waals surface area contributed by atoms with Crippen LogP contribution in [0.4, 0.5) is 0 Å². The van der Waals surface area contributed by atoms with Gasteiger partial charge >= 0.3 is 0 Å². The van der Waals surface area contributed by atoms with Crippen molar-refractivity contribution in [3.05, 3.63) is 63.7 Å². The number of benzene rings is 1. The molecule has 3 heterocycles. The fourth-order valence-corrected chi connectivity index (χ4v) is 3.89. The molecule has 5 heteroatoms. The quantitative estimate of drug-likeness (QED) is 0.798. The number of likely N-dealkylation sites (tertiary alicyclic amines) is 1. The van der Waals surface area contributed by atoms with Crippen molar-refractivity contribution in [3.63, 3.8) is 0 Å². The summed E-state index contributed by atoms with van der Waals surface area (Å²) in [5, 5.41) is 5.70. The van der Waals surface area contributed by atoms with Crippen LogP contribution < -0.4 is 5.56 Å². The highest BCUT2D eigenvalue weighted by atomic mass is 16.1. The number of aromatic nitrogens is 3. The second-order valence-electron chi connectivity index (χ2n) is 7.06. The van der Waals surface area contributed by atoms with E-state index >= 15 is 0 Å². The van der Waals surface area contributed by atoms with E-state index in [0.29, 0.717) is 12.6 Å². The molecular formula is C20H24N4O. The van der Waals surface area contributed by atoms with Crippen LogP contribution in [0.15, 0.2) is 41.3 Å². The number of aromatic amines is 1. The SMILES string of the molecule is Cc1cccc2cc(CN3CCCC[C@H]3c3ccn(C)n3)c(=O)[nH]c12. The van der Waals surface area contributed by atoms with Crippen molar-refractivity contribution < 1.29 is 0 Å². The van der Waals surface area contributed by atoms with E-state index in [1.807, 2.05) is 43.0 Å². The first-order valence-corrected chi connectivity index (χ1v) is 8.97. The minimum atomic E-state index is 0.0205. The summed E-state index contributed by atoms with van der Waals surface area (Å²) >= 11 is 0. The number of rotatable bonds is 3. The molecule has 1 fully saturated rings. The maximum Gasteiger partial charge on any atom is 0.252 e. The van der Waals surface area contributed by atoms with Gasteiger partial charge in [-0.25, -0.2) is 0 Å². The summed E-state index contributed by atoms with van der Waals surface area (Å²) < 4.78 is 1.85. The number of nitrogens with zero attached hydrogens (tertiary/aromatic N) is 3. The normalized spacial score (nSPS) is 18.7. The first kappa shape index (κ1) is 16.1. The van der Waals surface area contributed by atoms with E-state index in [1.165, 1.54) is 12.8 Å². The van der Waals surface area contributed by atoms with Gasteiger partial charge in [-0.05, 0) is 49.4 Å². The lowest BCUT2D eigenvalue weighted by Gasteiger charge is -2.34. The lowest BCUT2D eigenvalue weighted by Crippen LogP contribution is -2.35. The molecule has 0 saturated carbocycles. The Morgan fingerprint density at radius 3 is 2.96 bits per heavy atom. The Balaban J connectivity index is 1.67. The third-order valence-electron chi connectivity index (χ3n) is 5.23. The molecule has 1 aromatic carbocycles. The van der Waals surface area contributed by atoms with Crippen molar-refractivity contribution in [2.75, 3.05) is 6.54 Å². The van der Waals surface area contributed by atoms with Crippen LogP contribution >= 0.6 is 0 Å². The Bertz CT molecular complexity index is 956. The second-order valence-corrected chi connectivity index (χ2v) is 7.06. The molecule has 0 spiro atoms. The molecular weight excluding hydrogens is 312 g/mol. The Morgan fingerprint density at radius 2 is 2.16 bits per heavy atom. The van der Waals surface area contributed by atoms with Gasteiger partial charge in [0.2, 0.25) is 0 Å². The number of hydrogen-bond donors (Lipinski definition) is 1. The number of fused-ring (bicyclic) bond motifs is 1. The van der Waals surface area contributed by atoms with E-state index < -0.39 is 0 Å². The summed E-state index contributed by atoms with van der Waals surface area (Å²) in [7, 11) is 1.95. The molecule has 1 N–H and O–H groups in total. The predicted octanol–water partition coefficient (Wildman–Crippen LogP) is 3.30. The highest BCUT2D eigenvalue weighted by Crippen LogP contribution is 2.31. The lowest BCUT2D eigenvalue weighted by molar-refractivity contribution is 0.136. The number of pyridine rings is 1. The predicted molar refractivity (Wildman–Crippen MR) is 99.5 cm³/mol. The molecule has 0 bridgehead atoms. The van der Waals surface area contributed by atoms with Gasteiger partial charge in [0, 0.05) is 25.4 Å². The van der Waals surface area contributed by atoms with Crippen molar-refractivity contribution in [2.24, 2.45) is 7.05 Å². The van der Waals surface area contributed by atoms with E-state index in [2.05, 4.69) is 27.1 Å². The number of hydrogen-bond acceptors (Lipinski definition) is 3. The van der Waals surface area contributed by atoms with Gasteiger partial charge in [-0.1, -0.05) is 24.6 Å². The van der Waals surface area contributed by atoms with Crippen molar-refractivity contribution in [2.45, 2.75) is 38.8 Å². The lowest BCUT2D eigenvalue weighted by atomic mass is 9.98. The Morgan fingerprint density at radius 1 is 1.28 bits per heavy atom. The van der Waals surface area contributed by atoms with Crippen LogP contribution in [0.25, 0.3) is 10.9 Å². The van der Waals surface area contributed by atoms with E-state index in [-0.39, 0.29) is 5.56 Å². The molecule has 2 aromatic heterocycles. The van der Waals surface area contributed by atoms with Crippen LogP contribution in [-0.4, -0.2) is 26.2 Å². The zero-order valence-electron chi connectivity index (χ0n) is 14.8. The van der Waals surface area contributed by atoms with Crippen LogP contribution in [0, 0.1) is 6.92 Å². The average Bonchev–Trinajstić information content (AvgIpc) is 3.03. The van der Waals surface area contributed by atoms with Gasteiger partial charge in [-0.3, -0.25) is 14.4 Å². The Hall–Kier alpha value is -2.40. The Kier molecular flexibility index (Phi) is 4.17. The topological polar surface area (TPSA) is 53.9 Å². The summed E-state index contributed by atoms with van der Waals surface area (Å²) in [6, 6.07) is 10.6. The summed E-state index contributed by atoms with van der Waals surface area (Å²) in [6.45, 7) is 3.70. The average molecular weight is 336 g/mol. The monoisotopic (exact) mass is 336 g/mol. The number of H-pyrrole nitrogens is 1. The molecule has 0 aliphatic carbocycles. The van der Waals surface area contributed by atoms with Gasteiger partial charge in [0.05, 0.1) is 17.3 Å². The molecule has 4 rings (SSSR count). The van der Waals surface area contributed by atoms with Crippen LogP contribution in [0.1, 0.15) is 42.1 Å². The third kappa shape index (κ3) is 3.12. The summed E-state index contributed by atoms with van der Waals surface area (Å²) in [5.74, 6) is 0. The number of aryl methyl sites for hydroxylation is 2. The molecule has 1 saturated heterocycles. The largest absolute Gasteiger partial charge is 0.321 e. The minimum Gasteiger partial charge on any atom is -0.321 e. The summed E-state index contributed by atoms with van der Waals surface area (Å²) in [6.07, 6.45) is 5.48.